The van der Waals surface area contributed by atoms with Crippen LogP contribution in [0, 0.1) is 6.92 Å². The van der Waals surface area contributed by atoms with Crippen molar-refractivity contribution in [2.24, 2.45) is 0 Å². The van der Waals surface area contributed by atoms with Gasteiger partial charge in [0.1, 0.15) is 12.3 Å². The SMILES string of the molecule is Cc1ccccc1-c1cnc(OCCN(C)C)nc1C(=O)N(C)Cc1cc(C(F)(F)F)cc(C(F)(F)F)c1. The molecule has 0 N–H and O–H groups in total. The number of hydrogen-bond acceptors (Lipinski definition) is 5. The summed E-state index contributed by atoms with van der Waals surface area (Å²) in [7, 11) is 4.95. The molecule has 38 heavy (non-hydrogen) atoms. The van der Waals surface area contributed by atoms with Crippen LogP contribution in [0.4, 0.5) is 26.3 Å². The molecule has 1 amide bonds. The third-order valence-electron chi connectivity index (χ3n) is 5.59. The van der Waals surface area contributed by atoms with E-state index in [1.165, 1.54) is 13.2 Å². The molecule has 2 aromatic carbocycles. The first-order valence-electron chi connectivity index (χ1n) is 11.4. The Hall–Kier alpha value is -3.67. The van der Waals surface area contributed by atoms with Crippen molar-refractivity contribution < 1.29 is 35.9 Å². The lowest BCUT2D eigenvalue weighted by Crippen LogP contribution is -2.28. The van der Waals surface area contributed by atoms with Gasteiger partial charge in [-0.15, -0.1) is 0 Å². The smallest absolute Gasteiger partial charge is 0.416 e. The Balaban J connectivity index is 2.00. The van der Waals surface area contributed by atoms with Crippen molar-refractivity contribution >= 4 is 5.91 Å². The van der Waals surface area contributed by atoms with Crippen molar-refractivity contribution in [2.45, 2.75) is 25.8 Å². The highest BCUT2D eigenvalue weighted by Crippen LogP contribution is 2.36. The quantitative estimate of drug-likeness (QED) is 0.343. The van der Waals surface area contributed by atoms with E-state index >= 15 is 0 Å². The summed E-state index contributed by atoms with van der Waals surface area (Å²) >= 11 is 0. The second-order valence-electron chi connectivity index (χ2n) is 8.96. The van der Waals surface area contributed by atoms with E-state index in [0.29, 0.717) is 29.8 Å². The van der Waals surface area contributed by atoms with E-state index < -0.39 is 35.9 Å². The zero-order chi connectivity index (χ0) is 28.3. The van der Waals surface area contributed by atoms with Gasteiger partial charge in [-0.05, 0) is 55.9 Å². The molecule has 0 spiro atoms. The van der Waals surface area contributed by atoms with Crippen LogP contribution in [0.15, 0.2) is 48.7 Å². The second kappa shape index (κ2) is 11.4. The molecule has 3 aromatic rings. The molecule has 0 saturated heterocycles. The minimum Gasteiger partial charge on any atom is -0.462 e. The number of carbonyl (C=O) groups is 1. The van der Waals surface area contributed by atoms with Crippen LogP contribution in [0.5, 0.6) is 6.01 Å². The van der Waals surface area contributed by atoms with Gasteiger partial charge in [0.05, 0.1) is 11.1 Å². The Labute approximate surface area is 215 Å². The summed E-state index contributed by atoms with van der Waals surface area (Å²) in [6.45, 7) is 2.06. The van der Waals surface area contributed by atoms with Crippen molar-refractivity contribution in [1.82, 2.24) is 19.8 Å². The molecule has 0 atom stereocenters. The topological polar surface area (TPSA) is 58.6 Å². The normalized spacial score (nSPS) is 12.1. The van der Waals surface area contributed by atoms with Gasteiger partial charge in [-0.1, -0.05) is 24.3 Å². The lowest BCUT2D eigenvalue weighted by Gasteiger charge is -2.21. The summed E-state index contributed by atoms with van der Waals surface area (Å²) in [5, 5.41) is 0. The number of aryl methyl sites for hydroxylation is 1. The van der Waals surface area contributed by atoms with Crippen LogP contribution in [0.3, 0.4) is 0 Å². The van der Waals surface area contributed by atoms with Gasteiger partial charge in [-0.2, -0.15) is 31.3 Å². The van der Waals surface area contributed by atoms with Gasteiger partial charge in [0.2, 0.25) is 0 Å². The molecule has 0 radical (unpaired) electrons. The Morgan fingerprint density at radius 1 is 0.921 bits per heavy atom. The van der Waals surface area contributed by atoms with Crippen LogP contribution in [-0.2, 0) is 18.9 Å². The molecule has 0 saturated carbocycles. The molecular formula is C26H26F6N4O2. The molecule has 0 aliphatic carbocycles. The van der Waals surface area contributed by atoms with E-state index in [-0.39, 0.29) is 29.9 Å². The number of alkyl halides is 6. The number of carbonyl (C=O) groups excluding carboxylic acids is 1. The molecule has 1 aromatic heterocycles. The average molecular weight is 541 g/mol. The fourth-order valence-electron chi connectivity index (χ4n) is 3.63. The zero-order valence-electron chi connectivity index (χ0n) is 21.1. The van der Waals surface area contributed by atoms with Crippen LogP contribution < -0.4 is 4.74 Å². The number of benzene rings is 2. The van der Waals surface area contributed by atoms with E-state index in [2.05, 4.69) is 9.97 Å². The minimum absolute atomic E-state index is 0.0450. The van der Waals surface area contributed by atoms with Gasteiger partial charge in [0, 0.05) is 31.9 Å². The number of nitrogens with zero attached hydrogens (tertiary/aromatic N) is 4. The lowest BCUT2D eigenvalue weighted by molar-refractivity contribution is -0.143. The van der Waals surface area contributed by atoms with Crippen molar-refractivity contribution in [2.75, 3.05) is 34.3 Å². The summed E-state index contributed by atoms with van der Waals surface area (Å²) < 4.78 is 85.3. The first-order chi connectivity index (χ1) is 17.7. The number of ether oxygens (including phenoxy) is 1. The molecule has 0 bridgehead atoms. The van der Waals surface area contributed by atoms with Crippen LogP contribution in [-0.4, -0.2) is 60.0 Å². The molecule has 1 heterocycles. The highest BCUT2D eigenvalue weighted by Gasteiger charge is 2.37. The number of amides is 1. The first kappa shape index (κ1) is 28.9. The molecular weight excluding hydrogens is 514 g/mol. The highest BCUT2D eigenvalue weighted by molar-refractivity contribution is 5.99. The van der Waals surface area contributed by atoms with Gasteiger partial charge in [0.25, 0.3) is 5.91 Å². The van der Waals surface area contributed by atoms with Crippen molar-refractivity contribution in [1.29, 1.82) is 0 Å². The molecule has 12 heteroatoms. The predicted octanol–water partition coefficient (Wildman–Crippen LogP) is 5.70. The van der Waals surface area contributed by atoms with Crippen LogP contribution in [0.25, 0.3) is 11.1 Å². The van der Waals surface area contributed by atoms with E-state index in [4.69, 9.17) is 4.74 Å². The van der Waals surface area contributed by atoms with Gasteiger partial charge in [0.15, 0.2) is 0 Å². The maximum Gasteiger partial charge on any atom is 0.416 e. The molecule has 204 valence electrons. The summed E-state index contributed by atoms with van der Waals surface area (Å²) in [5.74, 6) is -0.728. The number of halogens is 6. The molecule has 0 aliphatic heterocycles. The van der Waals surface area contributed by atoms with Crippen molar-refractivity contribution in [3.63, 3.8) is 0 Å². The third-order valence-corrected chi connectivity index (χ3v) is 5.59. The molecule has 6 nitrogen and oxygen atoms in total. The van der Waals surface area contributed by atoms with Crippen LogP contribution >= 0.6 is 0 Å². The summed E-state index contributed by atoms with van der Waals surface area (Å²) in [5.41, 5.74) is -1.55. The summed E-state index contributed by atoms with van der Waals surface area (Å²) in [6, 6.07) is 8.27. The molecule has 0 fully saturated rings. The predicted molar refractivity (Wildman–Crippen MR) is 128 cm³/mol. The Kier molecular flexibility index (Phi) is 8.65. The van der Waals surface area contributed by atoms with Crippen molar-refractivity contribution in [3.05, 3.63) is 76.6 Å². The van der Waals surface area contributed by atoms with Gasteiger partial charge >= 0.3 is 18.4 Å². The molecule has 3 rings (SSSR count). The fraction of sp³-hybridized carbons (Fsp3) is 0.346. The van der Waals surface area contributed by atoms with Crippen LogP contribution in [0.1, 0.15) is 32.7 Å². The maximum atomic E-state index is 13.5. The Morgan fingerprint density at radius 3 is 2.08 bits per heavy atom. The number of likely N-dealkylation sites (N-methyl/N-ethyl adjacent to an activating group) is 1. The second-order valence-corrected chi connectivity index (χ2v) is 8.96. The first-order valence-corrected chi connectivity index (χ1v) is 11.4. The molecule has 0 unspecified atom stereocenters. The van der Waals surface area contributed by atoms with E-state index in [0.717, 1.165) is 10.5 Å². The standard InChI is InChI=1S/C26H26F6N4O2/c1-16-7-5-6-8-20(16)21-14-33-24(38-10-9-35(2)3)34-22(21)23(37)36(4)15-17-11-18(25(27,28)29)13-19(12-17)26(30,31)32/h5-8,11-14H,9-10,15H2,1-4H3. The van der Waals surface area contributed by atoms with E-state index in [1.807, 2.05) is 32.0 Å². The monoisotopic (exact) mass is 540 g/mol. The zero-order valence-corrected chi connectivity index (χ0v) is 21.1. The largest absolute Gasteiger partial charge is 0.462 e. The van der Waals surface area contributed by atoms with Gasteiger partial charge in [-0.25, -0.2) is 4.98 Å². The Morgan fingerprint density at radius 2 is 1.53 bits per heavy atom. The molecule has 0 aliphatic rings. The fourth-order valence-corrected chi connectivity index (χ4v) is 3.63. The van der Waals surface area contributed by atoms with Crippen LogP contribution in [0.2, 0.25) is 0 Å². The van der Waals surface area contributed by atoms with Gasteiger partial charge in [-0.3, -0.25) is 4.79 Å². The van der Waals surface area contributed by atoms with E-state index in [1.54, 1.807) is 18.2 Å². The Bertz CT molecular complexity index is 1260. The van der Waals surface area contributed by atoms with E-state index in [9.17, 15) is 31.1 Å². The third kappa shape index (κ3) is 7.21. The van der Waals surface area contributed by atoms with Crippen molar-refractivity contribution in [3.8, 4) is 17.1 Å². The highest BCUT2D eigenvalue weighted by atomic mass is 19.4. The summed E-state index contributed by atoms with van der Waals surface area (Å²) in [6.07, 6.45) is -8.59. The number of rotatable bonds is 8. The minimum atomic E-state index is -5.00. The number of aromatic nitrogens is 2. The summed E-state index contributed by atoms with van der Waals surface area (Å²) in [4.78, 5) is 24.8. The number of hydrogen-bond donors (Lipinski definition) is 0. The maximum absolute atomic E-state index is 13.5. The van der Waals surface area contributed by atoms with Gasteiger partial charge < -0.3 is 14.5 Å². The lowest BCUT2D eigenvalue weighted by atomic mass is 10.00. The average Bonchev–Trinajstić information content (AvgIpc) is 2.82.